The summed E-state index contributed by atoms with van der Waals surface area (Å²) in [5, 5.41) is 0.894. The van der Waals surface area contributed by atoms with Crippen molar-refractivity contribution in [3.63, 3.8) is 0 Å². The lowest BCUT2D eigenvalue weighted by Gasteiger charge is -2.23. The standard InChI is InChI=1S/C22H21FN2O/c1-14-3-10-21-19(11-14)20(12-15(2)24-21)22(26)25(18-8-9-18)13-16-4-6-17(23)7-5-16/h3-7,10-12,18H,8-9,13H2,1-2H3. The summed E-state index contributed by atoms with van der Waals surface area (Å²) < 4.78 is 13.2. The maximum Gasteiger partial charge on any atom is 0.255 e. The third-order valence-electron chi connectivity index (χ3n) is 4.84. The predicted molar refractivity (Wildman–Crippen MR) is 101 cm³/mol. The Hall–Kier alpha value is -2.75. The van der Waals surface area contributed by atoms with Crippen molar-refractivity contribution in [3.8, 4) is 0 Å². The van der Waals surface area contributed by atoms with Gasteiger partial charge in [0.2, 0.25) is 0 Å². The van der Waals surface area contributed by atoms with E-state index in [1.807, 2.05) is 43.0 Å². The van der Waals surface area contributed by atoms with E-state index in [4.69, 9.17) is 0 Å². The number of rotatable bonds is 4. The van der Waals surface area contributed by atoms with Crippen molar-refractivity contribution in [1.82, 2.24) is 9.88 Å². The Labute approximate surface area is 152 Å². The lowest BCUT2D eigenvalue weighted by Crippen LogP contribution is -2.32. The van der Waals surface area contributed by atoms with Gasteiger partial charge in [-0.2, -0.15) is 0 Å². The summed E-state index contributed by atoms with van der Waals surface area (Å²) in [6.07, 6.45) is 2.04. The van der Waals surface area contributed by atoms with Crippen molar-refractivity contribution >= 4 is 16.8 Å². The molecular formula is C22H21FN2O. The number of benzene rings is 2. The maximum absolute atomic E-state index is 13.4. The number of hydrogen-bond donors (Lipinski definition) is 0. The summed E-state index contributed by atoms with van der Waals surface area (Å²) in [5.74, 6) is -0.234. The van der Waals surface area contributed by atoms with E-state index in [1.54, 1.807) is 12.1 Å². The molecule has 0 spiro atoms. The molecule has 1 aromatic heterocycles. The summed E-state index contributed by atoms with van der Waals surface area (Å²) in [6.45, 7) is 4.43. The van der Waals surface area contributed by atoms with E-state index >= 15 is 0 Å². The van der Waals surface area contributed by atoms with Gasteiger partial charge >= 0.3 is 0 Å². The van der Waals surface area contributed by atoms with Crippen LogP contribution in [0.2, 0.25) is 0 Å². The van der Waals surface area contributed by atoms with Crippen molar-refractivity contribution in [2.45, 2.75) is 39.3 Å². The van der Waals surface area contributed by atoms with Gasteiger partial charge in [-0.3, -0.25) is 9.78 Å². The zero-order valence-corrected chi connectivity index (χ0v) is 15.0. The fourth-order valence-corrected chi connectivity index (χ4v) is 3.34. The Morgan fingerprint density at radius 2 is 1.85 bits per heavy atom. The molecule has 26 heavy (non-hydrogen) atoms. The van der Waals surface area contributed by atoms with Crippen LogP contribution in [0.1, 0.15) is 40.0 Å². The van der Waals surface area contributed by atoms with Crippen molar-refractivity contribution in [2.75, 3.05) is 0 Å². The second-order valence-corrected chi connectivity index (χ2v) is 7.12. The van der Waals surface area contributed by atoms with Crippen molar-refractivity contribution in [3.05, 3.63) is 76.7 Å². The monoisotopic (exact) mass is 348 g/mol. The number of aromatic nitrogens is 1. The zero-order chi connectivity index (χ0) is 18.3. The van der Waals surface area contributed by atoms with E-state index in [1.165, 1.54) is 12.1 Å². The van der Waals surface area contributed by atoms with Crippen LogP contribution >= 0.6 is 0 Å². The number of nitrogens with zero attached hydrogens (tertiary/aromatic N) is 2. The van der Waals surface area contributed by atoms with Gasteiger partial charge in [-0.25, -0.2) is 4.39 Å². The molecule has 0 N–H and O–H groups in total. The molecule has 0 atom stereocenters. The molecule has 1 fully saturated rings. The van der Waals surface area contributed by atoms with Crippen LogP contribution in [0.3, 0.4) is 0 Å². The predicted octanol–water partition coefficient (Wildman–Crippen LogP) is 4.80. The molecule has 4 heteroatoms. The largest absolute Gasteiger partial charge is 0.331 e. The van der Waals surface area contributed by atoms with E-state index in [9.17, 15) is 9.18 Å². The Balaban J connectivity index is 1.73. The van der Waals surface area contributed by atoms with Gasteiger partial charge in [0.1, 0.15) is 5.82 Å². The molecule has 1 heterocycles. The summed E-state index contributed by atoms with van der Waals surface area (Å²) >= 11 is 0. The molecule has 1 aliphatic rings. The molecule has 3 nitrogen and oxygen atoms in total. The minimum absolute atomic E-state index is 0.0259. The molecule has 0 saturated heterocycles. The molecule has 2 aromatic carbocycles. The lowest BCUT2D eigenvalue weighted by molar-refractivity contribution is 0.0731. The number of hydrogen-bond acceptors (Lipinski definition) is 2. The molecule has 4 rings (SSSR count). The SMILES string of the molecule is Cc1ccc2nc(C)cc(C(=O)N(Cc3ccc(F)cc3)C3CC3)c2c1. The Kier molecular flexibility index (Phi) is 4.19. The molecule has 0 radical (unpaired) electrons. The first-order chi connectivity index (χ1) is 12.5. The first-order valence-electron chi connectivity index (χ1n) is 8.95. The minimum Gasteiger partial charge on any atom is -0.331 e. The fraction of sp³-hybridized carbons (Fsp3) is 0.273. The quantitative estimate of drug-likeness (QED) is 0.679. The lowest BCUT2D eigenvalue weighted by atomic mass is 10.0. The average molecular weight is 348 g/mol. The first kappa shape index (κ1) is 16.7. The van der Waals surface area contributed by atoms with Gasteiger partial charge in [0.05, 0.1) is 11.1 Å². The normalized spacial score (nSPS) is 13.8. The number of aryl methyl sites for hydroxylation is 2. The number of pyridine rings is 1. The second kappa shape index (κ2) is 6.52. The molecule has 3 aromatic rings. The van der Waals surface area contributed by atoms with Crippen LogP contribution in [-0.2, 0) is 6.54 Å². The Morgan fingerprint density at radius 3 is 2.54 bits per heavy atom. The highest BCUT2D eigenvalue weighted by molar-refractivity contribution is 6.06. The van der Waals surface area contributed by atoms with Crippen LogP contribution in [0.25, 0.3) is 10.9 Å². The minimum atomic E-state index is -0.260. The van der Waals surface area contributed by atoms with Gasteiger partial charge in [-0.05, 0) is 62.6 Å². The van der Waals surface area contributed by atoms with Gasteiger partial charge in [-0.1, -0.05) is 23.8 Å². The van der Waals surface area contributed by atoms with Gasteiger partial charge in [0.15, 0.2) is 0 Å². The van der Waals surface area contributed by atoms with Crippen LogP contribution in [0.15, 0.2) is 48.5 Å². The summed E-state index contributed by atoms with van der Waals surface area (Å²) in [6, 6.07) is 14.5. The molecule has 0 unspecified atom stereocenters. The van der Waals surface area contributed by atoms with Crippen molar-refractivity contribution < 1.29 is 9.18 Å². The molecule has 1 aliphatic carbocycles. The molecule has 0 bridgehead atoms. The summed E-state index contributed by atoms with van der Waals surface area (Å²) in [5.41, 5.74) is 4.43. The molecule has 1 saturated carbocycles. The highest BCUT2D eigenvalue weighted by atomic mass is 19.1. The topological polar surface area (TPSA) is 33.2 Å². The number of carbonyl (C=O) groups is 1. The number of halogens is 1. The van der Waals surface area contributed by atoms with E-state index in [0.29, 0.717) is 12.1 Å². The molecular weight excluding hydrogens is 327 g/mol. The zero-order valence-electron chi connectivity index (χ0n) is 15.0. The summed E-state index contributed by atoms with van der Waals surface area (Å²) in [4.78, 5) is 19.9. The van der Waals surface area contributed by atoms with Gasteiger partial charge in [0, 0.05) is 23.7 Å². The average Bonchev–Trinajstić information content (AvgIpc) is 3.45. The van der Waals surface area contributed by atoms with Gasteiger partial charge < -0.3 is 4.90 Å². The highest BCUT2D eigenvalue weighted by Gasteiger charge is 2.33. The van der Waals surface area contributed by atoms with E-state index in [-0.39, 0.29) is 17.8 Å². The maximum atomic E-state index is 13.4. The fourth-order valence-electron chi connectivity index (χ4n) is 3.34. The third-order valence-corrected chi connectivity index (χ3v) is 4.84. The molecule has 1 amide bonds. The van der Waals surface area contributed by atoms with Crippen LogP contribution in [-0.4, -0.2) is 21.8 Å². The smallest absolute Gasteiger partial charge is 0.255 e. The van der Waals surface area contributed by atoms with Crippen molar-refractivity contribution in [2.24, 2.45) is 0 Å². The first-order valence-corrected chi connectivity index (χ1v) is 8.95. The van der Waals surface area contributed by atoms with E-state index < -0.39 is 0 Å². The van der Waals surface area contributed by atoms with Gasteiger partial charge in [-0.15, -0.1) is 0 Å². The number of carbonyl (C=O) groups excluding carboxylic acids is 1. The van der Waals surface area contributed by atoms with Gasteiger partial charge in [0.25, 0.3) is 5.91 Å². The van der Waals surface area contributed by atoms with E-state index in [0.717, 1.165) is 40.6 Å². The number of amides is 1. The Morgan fingerprint density at radius 1 is 1.12 bits per heavy atom. The van der Waals surface area contributed by atoms with E-state index in [2.05, 4.69) is 4.98 Å². The third kappa shape index (κ3) is 3.32. The molecule has 132 valence electrons. The van der Waals surface area contributed by atoms with Crippen LogP contribution in [0.4, 0.5) is 4.39 Å². The highest BCUT2D eigenvalue weighted by Crippen LogP contribution is 2.31. The second-order valence-electron chi connectivity index (χ2n) is 7.12. The number of fused-ring (bicyclic) bond motifs is 1. The van der Waals surface area contributed by atoms with Crippen LogP contribution < -0.4 is 0 Å². The molecule has 0 aliphatic heterocycles. The van der Waals surface area contributed by atoms with Crippen molar-refractivity contribution in [1.29, 1.82) is 0 Å². The Bertz CT molecular complexity index is 977. The summed E-state index contributed by atoms with van der Waals surface area (Å²) in [7, 11) is 0. The van der Waals surface area contributed by atoms with Crippen LogP contribution in [0.5, 0.6) is 0 Å². The van der Waals surface area contributed by atoms with Crippen LogP contribution in [0, 0.1) is 19.7 Å².